The molecule has 3 heteroatoms. The van der Waals surface area contributed by atoms with Crippen LogP contribution in [0, 0.1) is 0 Å². The molecule has 18 heavy (non-hydrogen) atoms. The number of aliphatic carboxylic acids is 1. The zero-order chi connectivity index (χ0) is 13.6. The van der Waals surface area contributed by atoms with E-state index in [0.717, 1.165) is 51.4 Å². The maximum Gasteiger partial charge on any atom is 0.303 e. The second-order valence-corrected chi connectivity index (χ2v) is 4.85. The Morgan fingerprint density at radius 3 is 2.44 bits per heavy atom. The highest BCUT2D eigenvalue weighted by Crippen LogP contribution is 2.08. The second kappa shape index (κ2) is 12.6. The number of allylic oxidation sites excluding steroid dienone is 1. The van der Waals surface area contributed by atoms with Crippen LogP contribution in [-0.2, 0) is 4.79 Å². The third-order valence-corrected chi connectivity index (χ3v) is 2.96. The van der Waals surface area contributed by atoms with Crippen LogP contribution in [0.2, 0.25) is 0 Å². The zero-order valence-electron chi connectivity index (χ0n) is 11.6. The van der Waals surface area contributed by atoms with Crippen LogP contribution in [0.25, 0.3) is 0 Å². The van der Waals surface area contributed by atoms with E-state index >= 15 is 0 Å². The fourth-order valence-corrected chi connectivity index (χ4v) is 1.89. The van der Waals surface area contributed by atoms with Gasteiger partial charge in [-0.25, -0.2) is 0 Å². The van der Waals surface area contributed by atoms with Crippen LogP contribution in [0.5, 0.6) is 0 Å². The summed E-state index contributed by atoms with van der Waals surface area (Å²) in [5.41, 5.74) is 0. The topological polar surface area (TPSA) is 57.5 Å². The third-order valence-electron chi connectivity index (χ3n) is 2.96. The molecule has 0 amide bonds. The molecule has 0 aromatic heterocycles. The molecule has 1 unspecified atom stereocenters. The number of hydrogen-bond donors (Lipinski definition) is 2. The molecule has 0 aliphatic rings. The van der Waals surface area contributed by atoms with Gasteiger partial charge in [0.1, 0.15) is 0 Å². The van der Waals surface area contributed by atoms with E-state index in [9.17, 15) is 9.90 Å². The number of carbonyl (C=O) groups is 1. The molecule has 0 saturated heterocycles. The van der Waals surface area contributed by atoms with Crippen molar-refractivity contribution in [3.63, 3.8) is 0 Å². The Labute approximate surface area is 111 Å². The Morgan fingerprint density at radius 1 is 1.11 bits per heavy atom. The van der Waals surface area contributed by atoms with E-state index in [2.05, 4.69) is 19.1 Å². The van der Waals surface area contributed by atoms with Crippen LogP contribution in [0.1, 0.15) is 71.1 Å². The average molecular weight is 256 g/mol. The number of unbranched alkanes of at least 4 members (excludes halogenated alkanes) is 5. The summed E-state index contributed by atoms with van der Waals surface area (Å²) < 4.78 is 0. The van der Waals surface area contributed by atoms with Gasteiger partial charge in [-0.3, -0.25) is 4.79 Å². The Bertz CT molecular complexity index is 224. The monoisotopic (exact) mass is 256 g/mol. The smallest absolute Gasteiger partial charge is 0.303 e. The van der Waals surface area contributed by atoms with Gasteiger partial charge in [0.05, 0.1) is 6.10 Å². The number of aliphatic hydroxyl groups excluding tert-OH is 1. The summed E-state index contributed by atoms with van der Waals surface area (Å²) in [4.78, 5) is 10.3. The normalized spacial score (nSPS) is 13.0. The zero-order valence-corrected chi connectivity index (χ0v) is 11.6. The van der Waals surface area contributed by atoms with E-state index in [1.165, 1.54) is 6.42 Å². The van der Waals surface area contributed by atoms with Crippen LogP contribution in [-0.4, -0.2) is 22.3 Å². The van der Waals surface area contributed by atoms with Gasteiger partial charge in [-0.2, -0.15) is 0 Å². The quantitative estimate of drug-likeness (QED) is 0.411. The van der Waals surface area contributed by atoms with Crippen molar-refractivity contribution in [2.45, 2.75) is 77.2 Å². The van der Waals surface area contributed by atoms with E-state index in [4.69, 9.17) is 5.11 Å². The molecular weight excluding hydrogens is 228 g/mol. The van der Waals surface area contributed by atoms with Crippen LogP contribution in [0.15, 0.2) is 12.2 Å². The molecule has 0 aliphatic carbocycles. The van der Waals surface area contributed by atoms with E-state index in [1.54, 1.807) is 0 Å². The van der Waals surface area contributed by atoms with Crippen molar-refractivity contribution in [2.75, 3.05) is 0 Å². The summed E-state index contributed by atoms with van der Waals surface area (Å²) in [6.07, 6.45) is 13.4. The van der Waals surface area contributed by atoms with Crippen LogP contribution in [0.3, 0.4) is 0 Å². The Kier molecular flexibility index (Phi) is 12.0. The summed E-state index contributed by atoms with van der Waals surface area (Å²) in [6.45, 7) is 2.08. The summed E-state index contributed by atoms with van der Waals surface area (Å²) in [5, 5.41) is 18.0. The van der Waals surface area contributed by atoms with Crippen LogP contribution < -0.4 is 0 Å². The number of carboxylic acid groups (broad SMARTS) is 1. The summed E-state index contributed by atoms with van der Waals surface area (Å²) in [5.74, 6) is -0.691. The second-order valence-electron chi connectivity index (χ2n) is 4.85. The van der Waals surface area contributed by atoms with Crippen molar-refractivity contribution < 1.29 is 15.0 Å². The number of rotatable bonds is 12. The molecule has 1 atom stereocenters. The lowest BCUT2D eigenvalue weighted by molar-refractivity contribution is -0.137. The van der Waals surface area contributed by atoms with Gasteiger partial charge in [0.15, 0.2) is 0 Å². The Balaban J connectivity index is 3.19. The van der Waals surface area contributed by atoms with Crippen molar-refractivity contribution in [2.24, 2.45) is 0 Å². The van der Waals surface area contributed by atoms with E-state index < -0.39 is 5.97 Å². The fraction of sp³-hybridized carbons (Fsp3) is 0.800. The highest BCUT2D eigenvalue weighted by atomic mass is 16.4. The molecule has 0 fully saturated rings. The van der Waals surface area contributed by atoms with Gasteiger partial charge in [0.2, 0.25) is 0 Å². The highest BCUT2D eigenvalue weighted by Gasteiger charge is 1.98. The van der Waals surface area contributed by atoms with Crippen molar-refractivity contribution >= 4 is 5.97 Å². The van der Waals surface area contributed by atoms with Crippen molar-refractivity contribution in [1.82, 2.24) is 0 Å². The molecule has 0 spiro atoms. The standard InChI is InChI=1S/C15H28O3/c1-2-11-14(16)12-9-7-5-3-4-6-8-10-13-15(17)18/h7,9,14,16H,2-6,8,10-13H2,1H3,(H,17,18)/b9-7-. The number of aliphatic hydroxyl groups is 1. The summed E-state index contributed by atoms with van der Waals surface area (Å²) in [6, 6.07) is 0. The van der Waals surface area contributed by atoms with Gasteiger partial charge in [0, 0.05) is 6.42 Å². The molecule has 0 saturated carbocycles. The molecule has 3 nitrogen and oxygen atoms in total. The third kappa shape index (κ3) is 13.2. The minimum atomic E-state index is -0.691. The van der Waals surface area contributed by atoms with Gasteiger partial charge < -0.3 is 10.2 Å². The van der Waals surface area contributed by atoms with E-state index in [1.807, 2.05) is 0 Å². The van der Waals surface area contributed by atoms with Gasteiger partial charge >= 0.3 is 5.97 Å². The molecule has 0 heterocycles. The fourth-order valence-electron chi connectivity index (χ4n) is 1.89. The number of hydrogen-bond acceptors (Lipinski definition) is 2. The summed E-state index contributed by atoms with van der Waals surface area (Å²) in [7, 11) is 0. The number of carboxylic acids is 1. The minimum Gasteiger partial charge on any atom is -0.481 e. The van der Waals surface area contributed by atoms with E-state index in [0.29, 0.717) is 6.42 Å². The maximum absolute atomic E-state index is 10.3. The molecule has 0 aliphatic heterocycles. The SMILES string of the molecule is CCCC(O)C/C=C\CCCCCCCC(=O)O. The van der Waals surface area contributed by atoms with Crippen LogP contribution >= 0.6 is 0 Å². The molecule has 0 aromatic rings. The maximum atomic E-state index is 10.3. The van der Waals surface area contributed by atoms with Crippen LogP contribution in [0.4, 0.5) is 0 Å². The van der Waals surface area contributed by atoms with Crippen molar-refractivity contribution in [3.8, 4) is 0 Å². The van der Waals surface area contributed by atoms with Crippen molar-refractivity contribution in [3.05, 3.63) is 12.2 Å². The first kappa shape index (κ1) is 17.2. The first-order chi connectivity index (χ1) is 8.66. The highest BCUT2D eigenvalue weighted by molar-refractivity contribution is 5.66. The van der Waals surface area contributed by atoms with Gasteiger partial charge in [-0.15, -0.1) is 0 Å². The predicted octanol–water partition coefficient (Wildman–Crippen LogP) is 3.91. The predicted molar refractivity (Wildman–Crippen MR) is 74.6 cm³/mol. The lowest BCUT2D eigenvalue weighted by atomic mass is 10.1. The average Bonchev–Trinajstić information content (AvgIpc) is 2.31. The molecule has 2 N–H and O–H groups in total. The van der Waals surface area contributed by atoms with Gasteiger partial charge in [0.25, 0.3) is 0 Å². The first-order valence-electron chi connectivity index (χ1n) is 7.21. The molecule has 106 valence electrons. The first-order valence-corrected chi connectivity index (χ1v) is 7.21. The molecule has 0 bridgehead atoms. The van der Waals surface area contributed by atoms with Gasteiger partial charge in [-0.05, 0) is 32.1 Å². The Morgan fingerprint density at radius 2 is 1.78 bits per heavy atom. The molecular formula is C15H28O3. The molecule has 0 rings (SSSR count). The lowest BCUT2D eigenvalue weighted by Gasteiger charge is -2.04. The van der Waals surface area contributed by atoms with Crippen molar-refractivity contribution in [1.29, 1.82) is 0 Å². The molecule has 0 aromatic carbocycles. The Hall–Kier alpha value is -0.830. The minimum absolute atomic E-state index is 0.178. The van der Waals surface area contributed by atoms with Gasteiger partial charge in [-0.1, -0.05) is 44.8 Å². The lowest BCUT2D eigenvalue weighted by Crippen LogP contribution is -2.02. The van der Waals surface area contributed by atoms with E-state index in [-0.39, 0.29) is 6.10 Å². The largest absolute Gasteiger partial charge is 0.481 e. The summed E-state index contributed by atoms with van der Waals surface area (Å²) >= 11 is 0. The molecule has 0 radical (unpaired) electrons.